The van der Waals surface area contributed by atoms with Gasteiger partial charge in [-0.25, -0.2) is 0 Å². The van der Waals surface area contributed by atoms with Gasteiger partial charge in [-0.1, -0.05) is 18.7 Å². The van der Waals surface area contributed by atoms with Crippen LogP contribution in [-0.2, 0) is 4.79 Å². The van der Waals surface area contributed by atoms with Crippen LogP contribution in [0.4, 0.5) is 11.4 Å². The molecule has 0 aliphatic rings. The molecule has 3 aromatic rings. The Hall–Kier alpha value is -4.50. The van der Waals surface area contributed by atoms with E-state index in [0.717, 1.165) is 0 Å². The largest absolute Gasteiger partial charge is 0.467 e. The zero-order chi connectivity index (χ0) is 24.0. The molecule has 1 heterocycles. The highest BCUT2D eigenvalue weighted by Gasteiger charge is 2.31. The molecule has 0 aliphatic heterocycles. The maximum Gasteiger partial charge on any atom is 0.255 e. The van der Waals surface area contributed by atoms with Crippen molar-refractivity contribution in [3.05, 3.63) is 95.3 Å². The van der Waals surface area contributed by atoms with Gasteiger partial charge in [-0.3, -0.25) is 9.59 Å². The number of nitrogens with one attached hydrogen (secondary N) is 2. The van der Waals surface area contributed by atoms with Crippen molar-refractivity contribution >= 4 is 35.1 Å². The fourth-order valence-electron chi connectivity index (χ4n) is 3.17. The number of anilines is 2. The van der Waals surface area contributed by atoms with Gasteiger partial charge in [0.1, 0.15) is 17.6 Å². The van der Waals surface area contributed by atoms with E-state index in [0.29, 0.717) is 27.4 Å². The second-order valence-electron chi connectivity index (χ2n) is 7.18. The Bertz CT molecular complexity index is 1260. The Morgan fingerprint density at radius 2 is 1.82 bits per heavy atom. The third kappa shape index (κ3) is 5.60. The fraction of sp³-hybridized carbons (Fsp3) is 0.0833. The number of amides is 2. The summed E-state index contributed by atoms with van der Waals surface area (Å²) in [5.74, 6) is -0.937. The summed E-state index contributed by atoms with van der Waals surface area (Å²) < 4.78 is 5.34. The lowest BCUT2D eigenvalue weighted by molar-refractivity contribution is -0.125. The summed E-state index contributed by atoms with van der Waals surface area (Å²) in [5, 5.41) is 17.3. The van der Waals surface area contributed by atoms with E-state index in [9.17, 15) is 14.7 Å². The van der Waals surface area contributed by atoms with Gasteiger partial charge in [0, 0.05) is 22.2 Å². The van der Waals surface area contributed by atoms with Crippen molar-refractivity contribution in [2.24, 2.45) is 11.5 Å². The predicted octanol–water partition coefficient (Wildman–Crippen LogP) is 0.282. The van der Waals surface area contributed by atoms with Crippen molar-refractivity contribution in [1.82, 2.24) is 5.32 Å². The molecule has 170 valence electrons. The molecule has 0 aliphatic carbocycles. The monoisotopic (exact) mass is 447 g/mol. The first-order chi connectivity index (χ1) is 15.8. The zero-order valence-corrected chi connectivity index (χ0v) is 17.7. The SMILES string of the molecule is C=C/C=c1/cc(NC(=O)[C@H](O)[C@@H](NC(=O)c2ccc(N)cc2)c2ccco2)ccc1=C(N)N. The second kappa shape index (κ2) is 10.2. The molecule has 33 heavy (non-hydrogen) atoms. The topological polar surface area (TPSA) is 170 Å². The Labute approximate surface area is 189 Å². The maximum absolute atomic E-state index is 12.8. The smallest absolute Gasteiger partial charge is 0.255 e. The van der Waals surface area contributed by atoms with Gasteiger partial charge in [-0.05, 0) is 59.8 Å². The van der Waals surface area contributed by atoms with Crippen molar-refractivity contribution in [1.29, 1.82) is 0 Å². The second-order valence-corrected chi connectivity index (χ2v) is 7.18. The lowest BCUT2D eigenvalue weighted by Crippen LogP contribution is -2.42. The number of carbonyl (C=O) groups excluding carboxylic acids is 2. The molecule has 9 heteroatoms. The minimum absolute atomic E-state index is 0.115. The summed E-state index contributed by atoms with van der Waals surface area (Å²) in [5.41, 5.74) is 18.3. The van der Waals surface area contributed by atoms with Crippen LogP contribution in [-0.4, -0.2) is 23.0 Å². The van der Waals surface area contributed by atoms with Crippen molar-refractivity contribution < 1.29 is 19.1 Å². The molecular formula is C24H25N5O4. The van der Waals surface area contributed by atoms with E-state index in [1.165, 1.54) is 18.4 Å². The van der Waals surface area contributed by atoms with E-state index in [2.05, 4.69) is 17.2 Å². The summed E-state index contributed by atoms with van der Waals surface area (Å²) in [6.45, 7) is 3.65. The number of aliphatic hydroxyl groups excluding tert-OH is 1. The molecule has 2 atom stereocenters. The van der Waals surface area contributed by atoms with E-state index in [-0.39, 0.29) is 11.6 Å². The molecule has 0 saturated heterocycles. The van der Waals surface area contributed by atoms with Gasteiger partial charge in [-0.15, -0.1) is 0 Å². The highest BCUT2D eigenvalue weighted by atomic mass is 16.3. The van der Waals surface area contributed by atoms with E-state index in [1.54, 1.807) is 54.6 Å². The van der Waals surface area contributed by atoms with Crippen LogP contribution in [0.15, 0.2) is 77.9 Å². The number of furan rings is 1. The van der Waals surface area contributed by atoms with E-state index in [1.807, 2.05) is 0 Å². The van der Waals surface area contributed by atoms with Gasteiger partial charge in [0.25, 0.3) is 11.8 Å². The van der Waals surface area contributed by atoms with E-state index < -0.39 is 24.0 Å². The summed E-state index contributed by atoms with van der Waals surface area (Å²) >= 11 is 0. The number of hydrogen-bond acceptors (Lipinski definition) is 7. The van der Waals surface area contributed by atoms with Crippen molar-refractivity contribution in [2.45, 2.75) is 12.1 Å². The van der Waals surface area contributed by atoms with Crippen LogP contribution in [0.25, 0.3) is 11.9 Å². The molecular weight excluding hydrogens is 422 g/mol. The van der Waals surface area contributed by atoms with Crippen LogP contribution in [0.3, 0.4) is 0 Å². The molecule has 3 rings (SSSR count). The van der Waals surface area contributed by atoms with Crippen LogP contribution in [0, 0.1) is 0 Å². The number of benzene rings is 2. The average Bonchev–Trinajstić information content (AvgIpc) is 3.32. The summed E-state index contributed by atoms with van der Waals surface area (Å²) in [4.78, 5) is 25.5. The molecule has 0 spiro atoms. The standard InChI is InChI=1S/C24H25N5O4/c1-2-4-15-13-17(10-11-18(15)22(26)27)28-24(32)21(30)20(19-5-3-12-33-19)29-23(31)14-6-8-16(25)9-7-14/h2-13,20-21,30H,1,25-27H2,(H,28,32)(H,29,31)/b15-4-/t20-,21+/m0/s1. The molecule has 0 fully saturated rings. The van der Waals surface area contributed by atoms with Gasteiger partial charge in [0.2, 0.25) is 0 Å². The number of hydrogen-bond donors (Lipinski definition) is 6. The minimum Gasteiger partial charge on any atom is -0.467 e. The highest BCUT2D eigenvalue weighted by Crippen LogP contribution is 2.20. The molecule has 0 saturated carbocycles. The van der Waals surface area contributed by atoms with E-state index in [4.69, 9.17) is 21.6 Å². The Balaban J connectivity index is 1.84. The molecule has 9 nitrogen and oxygen atoms in total. The minimum atomic E-state index is -1.66. The highest BCUT2D eigenvalue weighted by molar-refractivity contribution is 5.97. The van der Waals surface area contributed by atoms with Crippen molar-refractivity contribution in [3.8, 4) is 0 Å². The van der Waals surface area contributed by atoms with Gasteiger partial charge in [0.15, 0.2) is 6.10 Å². The van der Waals surface area contributed by atoms with Gasteiger partial charge < -0.3 is 37.4 Å². The number of rotatable bonds is 7. The summed E-state index contributed by atoms with van der Waals surface area (Å²) in [7, 11) is 0. The quantitative estimate of drug-likeness (QED) is 0.283. The molecule has 0 bridgehead atoms. The van der Waals surface area contributed by atoms with Crippen LogP contribution in [0.1, 0.15) is 22.2 Å². The first kappa shape index (κ1) is 23.2. The number of aliphatic hydroxyl groups is 1. The molecule has 0 unspecified atom stereocenters. The van der Waals surface area contributed by atoms with Crippen LogP contribution >= 0.6 is 0 Å². The lowest BCUT2D eigenvalue weighted by atomic mass is 10.1. The Morgan fingerprint density at radius 1 is 1.09 bits per heavy atom. The maximum atomic E-state index is 12.8. The molecule has 2 amide bonds. The first-order valence-electron chi connectivity index (χ1n) is 9.97. The summed E-state index contributed by atoms with van der Waals surface area (Å²) in [6.07, 6.45) is 2.96. The van der Waals surface area contributed by atoms with E-state index >= 15 is 0 Å². The van der Waals surface area contributed by atoms with Crippen LogP contribution in [0.2, 0.25) is 0 Å². The third-order valence-electron chi connectivity index (χ3n) is 4.82. The summed E-state index contributed by atoms with van der Waals surface area (Å²) in [6, 6.07) is 13.1. The number of nitrogens with two attached hydrogens (primary N) is 3. The molecule has 1 aromatic heterocycles. The normalized spacial score (nSPS) is 13.1. The van der Waals surface area contributed by atoms with Crippen LogP contribution < -0.4 is 38.3 Å². The first-order valence-corrected chi connectivity index (χ1v) is 9.97. The molecule has 2 aromatic carbocycles. The number of carbonyl (C=O) groups is 2. The predicted molar refractivity (Wildman–Crippen MR) is 127 cm³/mol. The van der Waals surface area contributed by atoms with Crippen LogP contribution in [0.5, 0.6) is 0 Å². The van der Waals surface area contributed by atoms with Gasteiger partial charge in [-0.2, -0.15) is 0 Å². The lowest BCUT2D eigenvalue weighted by Gasteiger charge is -2.22. The Morgan fingerprint density at radius 3 is 2.42 bits per heavy atom. The van der Waals surface area contributed by atoms with Gasteiger partial charge in [0.05, 0.1) is 6.26 Å². The molecule has 9 N–H and O–H groups in total. The third-order valence-corrected chi connectivity index (χ3v) is 4.82. The zero-order valence-electron chi connectivity index (χ0n) is 17.7. The van der Waals surface area contributed by atoms with Crippen molar-refractivity contribution in [3.63, 3.8) is 0 Å². The Kier molecular flexibility index (Phi) is 7.17. The van der Waals surface area contributed by atoms with Gasteiger partial charge >= 0.3 is 0 Å². The number of nitrogen functional groups attached to an aromatic ring is 1. The van der Waals surface area contributed by atoms with Crippen molar-refractivity contribution in [2.75, 3.05) is 11.1 Å². The fourth-order valence-corrected chi connectivity index (χ4v) is 3.17. The average molecular weight is 447 g/mol. The molecule has 0 radical (unpaired) electrons. The number of allylic oxidation sites excluding steroid dienone is 1.